The number of rotatable bonds is 4. The number of hydrogen-bond donors (Lipinski definition) is 3. The first-order chi connectivity index (χ1) is 7.22. The number of nitriles is 1. The summed E-state index contributed by atoms with van der Waals surface area (Å²) in [6, 6.07) is 2.86. The van der Waals surface area contributed by atoms with Gasteiger partial charge >= 0.3 is 0 Å². The molecule has 3 N–H and O–H groups in total. The fourth-order valence-corrected chi connectivity index (χ4v) is 1.18. The van der Waals surface area contributed by atoms with Crippen LogP contribution in [0.2, 0.25) is 5.02 Å². The zero-order valence-corrected chi connectivity index (χ0v) is 8.57. The van der Waals surface area contributed by atoms with E-state index >= 15 is 0 Å². The lowest BCUT2D eigenvalue weighted by Gasteiger charge is -2.14. The molecule has 0 bridgehead atoms. The van der Waals surface area contributed by atoms with E-state index in [1.807, 2.05) is 6.07 Å². The normalized spacial score (nSPS) is 10.1. The molecule has 80 valence electrons. The minimum Gasteiger partial charge on any atom is -0.394 e. The van der Waals surface area contributed by atoms with Crippen molar-refractivity contribution in [2.45, 2.75) is 6.04 Å². The molecule has 1 aromatic rings. The maximum atomic E-state index is 8.85. The third-order valence-corrected chi connectivity index (χ3v) is 2.17. The Morgan fingerprint density at radius 1 is 1.53 bits per heavy atom. The Bertz CT molecular complexity index is 374. The molecule has 0 aliphatic carbocycles. The lowest BCUT2D eigenvalue weighted by atomic mass is 10.2. The molecule has 5 nitrogen and oxygen atoms in total. The predicted molar refractivity (Wildman–Crippen MR) is 55.5 cm³/mol. The number of aromatic nitrogens is 1. The van der Waals surface area contributed by atoms with Crippen molar-refractivity contribution < 1.29 is 10.2 Å². The Morgan fingerprint density at radius 3 is 2.73 bits per heavy atom. The average molecular weight is 228 g/mol. The second-order valence-corrected chi connectivity index (χ2v) is 3.22. The van der Waals surface area contributed by atoms with Gasteiger partial charge in [0.1, 0.15) is 16.9 Å². The monoisotopic (exact) mass is 227 g/mol. The number of nitrogens with one attached hydrogen (secondary N) is 1. The first-order valence-corrected chi connectivity index (χ1v) is 4.63. The van der Waals surface area contributed by atoms with Gasteiger partial charge in [-0.15, -0.1) is 0 Å². The van der Waals surface area contributed by atoms with Gasteiger partial charge in [-0.3, -0.25) is 0 Å². The van der Waals surface area contributed by atoms with E-state index in [2.05, 4.69) is 10.3 Å². The van der Waals surface area contributed by atoms with Gasteiger partial charge in [0.15, 0.2) is 0 Å². The van der Waals surface area contributed by atoms with Gasteiger partial charge in [-0.1, -0.05) is 11.6 Å². The average Bonchev–Trinajstić information content (AvgIpc) is 2.28. The first kappa shape index (κ1) is 11.7. The molecule has 0 radical (unpaired) electrons. The van der Waals surface area contributed by atoms with Gasteiger partial charge < -0.3 is 15.5 Å². The SMILES string of the molecule is N#Cc1ccnc(NC(CO)CO)c1Cl. The van der Waals surface area contributed by atoms with E-state index in [0.29, 0.717) is 5.56 Å². The van der Waals surface area contributed by atoms with Crippen LogP contribution in [-0.2, 0) is 0 Å². The Morgan fingerprint density at radius 2 is 2.20 bits per heavy atom. The molecule has 1 aromatic heterocycles. The minimum atomic E-state index is -0.538. The van der Waals surface area contributed by atoms with E-state index in [1.165, 1.54) is 12.3 Å². The molecule has 1 rings (SSSR count). The van der Waals surface area contributed by atoms with Crippen molar-refractivity contribution in [3.8, 4) is 6.07 Å². The van der Waals surface area contributed by atoms with Crippen LogP contribution in [0, 0.1) is 11.3 Å². The van der Waals surface area contributed by atoms with E-state index in [4.69, 9.17) is 27.1 Å². The highest BCUT2D eigenvalue weighted by Crippen LogP contribution is 2.23. The Hall–Kier alpha value is -1.35. The van der Waals surface area contributed by atoms with E-state index in [9.17, 15) is 0 Å². The van der Waals surface area contributed by atoms with Gasteiger partial charge in [-0.2, -0.15) is 5.26 Å². The summed E-state index contributed by atoms with van der Waals surface area (Å²) >= 11 is 5.86. The fourth-order valence-electron chi connectivity index (χ4n) is 0.973. The summed E-state index contributed by atoms with van der Waals surface area (Å²) in [6.45, 7) is -0.490. The summed E-state index contributed by atoms with van der Waals surface area (Å²) in [5.74, 6) is 0.281. The number of pyridine rings is 1. The van der Waals surface area contributed by atoms with Crippen LogP contribution in [0.15, 0.2) is 12.3 Å². The van der Waals surface area contributed by atoms with Gasteiger partial charge in [0.2, 0.25) is 0 Å². The van der Waals surface area contributed by atoms with Crippen molar-refractivity contribution in [3.63, 3.8) is 0 Å². The maximum absolute atomic E-state index is 8.85. The third kappa shape index (κ3) is 2.80. The van der Waals surface area contributed by atoms with Gasteiger partial charge in [0, 0.05) is 6.20 Å². The molecule has 0 aliphatic heterocycles. The highest BCUT2D eigenvalue weighted by molar-refractivity contribution is 6.34. The number of nitrogens with zero attached hydrogens (tertiary/aromatic N) is 2. The lowest BCUT2D eigenvalue weighted by Crippen LogP contribution is -2.28. The summed E-state index contributed by atoms with van der Waals surface area (Å²) < 4.78 is 0. The van der Waals surface area contributed by atoms with Crippen LogP contribution in [0.1, 0.15) is 5.56 Å². The van der Waals surface area contributed by atoms with Crippen molar-refractivity contribution >= 4 is 17.4 Å². The van der Waals surface area contributed by atoms with E-state index in [1.54, 1.807) is 0 Å². The van der Waals surface area contributed by atoms with E-state index < -0.39 is 6.04 Å². The molecule has 0 fully saturated rings. The third-order valence-electron chi connectivity index (χ3n) is 1.79. The molecular formula is C9H10ClN3O2. The second-order valence-electron chi connectivity index (χ2n) is 2.84. The molecular weight excluding hydrogens is 218 g/mol. The molecule has 6 heteroatoms. The van der Waals surface area contributed by atoms with Crippen molar-refractivity contribution in [1.29, 1.82) is 5.26 Å². The van der Waals surface area contributed by atoms with E-state index in [0.717, 1.165) is 0 Å². The highest BCUT2D eigenvalue weighted by atomic mass is 35.5. The van der Waals surface area contributed by atoms with E-state index in [-0.39, 0.29) is 24.1 Å². The molecule has 0 saturated carbocycles. The molecule has 0 unspecified atom stereocenters. The molecule has 1 heterocycles. The van der Waals surface area contributed by atoms with Gasteiger partial charge in [-0.05, 0) is 6.07 Å². The van der Waals surface area contributed by atoms with Crippen LogP contribution in [-0.4, -0.2) is 34.5 Å². The summed E-state index contributed by atoms with van der Waals surface area (Å²) in [5, 5.41) is 29.3. The minimum absolute atomic E-state index is 0.187. The van der Waals surface area contributed by atoms with Crippen molar-refractivity contribution in [2.75, 3.05) is 18.5 Å². The van der Waals surface area contributed by atoms with Gasteiger partial charge in [0.25, 0.3) is 0 Å². The van der Waals surface area contributed by atoms with Crippen LogP contribution >= 0.6 is 11.6 Å². The molecule has 15 heavy (non-hydrogen) atoms. The molecule has 0 aromatic carbocycles. The number of halogens is 1. The van der Waals surface area contributed by atoms with Crippen molar-refractivity contribution in [3.05, 3.63) is 22.8 Å². The molecule has 0 amide bonds. The molecule has 0 aliphatic rings. The largest absolute Gasteiger partial charge is 0.394 e. The summed E-state index contributed by atoms with van der Waals surface area (Å²) in [4.78, 5) is 3.91. The first-order valence-electron chi connectivity index (χ1n) is 4.25. The zero-order valence-electron chi connectivity index (χ0n) is 7.81. The summed E-state index contributed by atoms with van der Waals surface area (Å²) in [7, 11) is 0. The second kappa shape index (κ2) is 5.51. The standard InChI is InChI=1S/C9H10ClN3O2/c10-8-6(3-11)1-2-12-9(8)13-7(4-14)5-15/h1-2,7,14-15H,4-5H2,(H,12,13). The summed E-state index contributed by atoms with van der Waals surface area (Å²) in [6.07, 6.45) is 1.43. The topological polar surface area (TPSA) is 89.2 Å². The van der Waals surface area contributed by atoms with Crippen molar-refractivity contribution in [1.82, 2.24) is 4.98 Å². The Labute approximate surface area is 91.9 Å². The number of aliphatic hydroxyl groups is 2. The van der Waals surface area contributed by atoms with Crippen LogP contribution < -0.4 is 5.32 Å². The summed E-state index contributed by atoms with van der Waals surface area (Å²) in [5.41, 5.74) is 0.295. The number of anilines is 1. The molecule has 0 spiro atoms. The van der Waals surface area contributed by atoms with Crippen molar-refractivity contribution in [2.24, 2.45) is 0 Å². The molecule has 0 atom stereocenters. The zero-order chi connectivity index (χ0) is 11.3. The smallest absolute Gasteiger partial charge is 0.146 e. The van der Waals surface area contributed by atoms with Gasteiger partial charge in [-0.25, -0.2) is 4.98 Å². The Kier molecular flexibility index (Phi) is 4.31. The van der Waals surface area contributed by atoms with Crippen LogP contribution in [0.3, 0.4) is 0 Å². The quantitative estimate of drug-likeness (QED) is 0.692. The Balaban J connectivity index is 2.91. The highest BCUT2D eigenvalue weighted by Gasteiger charge is 2.11. The van der Waals surface area contributed by atoms with Crippen LogP contribution in [0.4, 0.5) is 5.82 Å². The fraction of sp³-hybridized carbons (Fsp3) is 0.333. The number of aliphatic hydroxyl groups excluding tert-OH is 2. The predicted octanol–water partition coefficient (Wildman–Crippen LogP) is 0.372. The molecule has 0 saturated heterocycles. The van der Waals surface area contributed by atoms with Gasteiger partial charge in [0.05, 0.1) is 24.8 Å². The maximum Gasteiger partial charge on any atom is 0.146 e. The number of hydrogen-bond acceptors (Lipinski definition) is 5. The van der Waals surface area contributed by atoms with Crippen LogP contribution in [0.5, 0.6) is 0 Å². The van der Waals surface area contributed by atoms with Crippen LogP contribution in [0.25, 0.3) is 0 Å². The lowest BCUT2D eigenvalue weighted by molar-refractivity contribution is 0.203.